The highest BCUT2D eigenvalue weighted by atomic mass is 32.1. The second-order valence-electron chi connectivity index (χ2n) is 4.95. The Balaban J connectivity index is 1.75. The van der Waals surface area contributed by atoms with Crippen LogP contribution >= 0.6 is 11.3 Å². The molecule has 0 atom stereocenters. The second kappa shape index (κ2) is 6.59. The summed E-state index contributed by atoms with van der Waals surface area (Å²) in [5.74, 6) is -0.533. The Morgan fingerprint density at radius 1 is 1.33 bits per heavy atom. The van der Waals surface area contributed by atoms with E-state index in [-0.39, 0.29) is 12.2 Å². The number of hydrogen-bond acceptors (Lipinski definition) is 6. The van der Waals surface area contributed by atoms with Gasteiger partial charge in [0.05, 0.1) is 12.2 Å². The van der Waals surface area contributed by atoms with Crippen LogP contribution in [0.1, 0.15) is 21.1 Å². The Morgan fingerprint density at radius 3 is 2.88 bits per heavy atom. The Labute approximate surface area is 139 Å². The number of nitrogens with one attached hydrogen (secondary N) is 3. The molecule has 0 unspecified atom stereocenters. The molecule has 0 saturated heterocycles. The van der Waals surface area contributed by atoms with Gasteiger partial charge < -0.3 is 10.3 Å². The van der Waals surface area contributed by atoms with Gasteiger partial charge in [-0.15, -0.1) is 11.3 Å². The van der Waals surface area contributed by atoms with Crippen molar-refractivity contribution in [1.82, 2.24) is 25.3 Å². The molecule has 3 rings (SSSR count). The van der Waals surface area contributed by atoms with Gasteiger partial charge in [0.1, 0.15) is 10.7 Å². The quantitative estimate of drug-likeness (QED) is 0.648. The Kier molecular flexibility index (Phi) is 4.34. The number of amides is 1. The lowest BCUT2D eigenvalue weighted by molar-refractivity contribution is 0.0945. The molecule has 24 heavy (non-hydrogen) atoms. The summed E-state index contributed by atoms with van der Waals surface area (Å²) in [5, 5.41) is 3.48. The van der Waals surface area contributed by atoms with E-state index in [0.717, 1.165) is 27.2 Å². The molecule has 0 aromatic carbocycles. The van der Waals surface area contributed by atoms with Gasteiger partial charge in [-0.05, 0) is 19.1 Å². The van der Waals surface area contributed by atoms with Crippen molar-refractivity contribution in [3.8, 4) is 10.6 Å². The maximum atomic E-state index is 12.1. The predicted molar refractivity (Wildman–Crippen MR) is 88.9 cm³/mol. The molecule has 0 spiro atoms. The summed E-state index contributed by atoms with van der Waals surface area (Å²) in [4.78, 5) is 48.2. The van der Waals surface area contributed by atoms with E-state index < -0.39 is 17.2 Å². The van der Waals surface area contributed by atoms with E-state index in [9.17, 15) is 14.4 Å². The molecule has 122 valence electrons. The van der Waals surface area contributed by atoms with Crippen molar-refractivity contribution in [3.63, 3.8) is 0 Å². The lowest BCUT2D eigenvalue weighted by Gasteiger charge is -2.03. The number of nitrogens with zero attached hydrogens (tertiary/aromatic N) is 2. The minimum Gasteiger partial charge on any atom is -0.346 e. The first kappa shape index (κ1) is 15.8. The van der Waals surface area contributed by atoms with Crippen LogP contribution in [-0.4, -0.2) is 25.8 Å². The molecule has 0 aliphatic carbocycles. The molecule has 3 aromatic heterocycles. The van der Waals surface area contributed by atoms with Gasteiger partial charge in [-0.2, -0.15) is 0 Å². The van der Waals surface area contributed by atoms with Crippen LogP contribution in [0.15, 0.2) is 40.2 Å². The highest BCUT2D eigenvalue weighted by Gasteiger charge is 2.12. The van der Waals surface area contributed by atoms with E-state index in [1.165, 1.54) is 11.3 Å². The smallest absolute Gasteiger partial charge is 0.326 e. The van der Waals surface area contributed by atoms with Crippen molar-refractivity contribution in [2.45, 2.75) is 13.5 Å². The molecule has 0 bridgehead atoms. The highest BCUT2D eigenvalue weighted by Crippen LogP contribution is 2.27. The number of thiazole rings is 1. The number of pyridine rings is 1. The van der Waals surface area contributed by atoms with Crippen molar-refractivity contribution in [1.29, 1.82) is 0 Å². The molecule has 1 amide bonds. The topological polar surface area (TPSA) is 121 Å². The third-order valence-corrected chi connectivity index (χ3v) is 4.42. The average molecular weight is 343 g/mol. The van der Waals surface area contributed by atoms with E-state index in [2.05, 4.69) is 20.3 Å². The van der Waals surface area contributed by atoms with Gasteiger partial charge in [0.2, 0.25) is 0 Å². The lowest BCUT2D eigenvalue weighted by Crippen LogP contribution is -2.30. The molecule has 0 radical (unpaired) electrons. The van der Waals surface area contributed by atoms with Crippen LogP contribution in [0.2, 0.25) is 0 Å². The molecule has 3 N–H and O–H groups in total. The first-order chi connectivity index (χ1) is 11.5. The number of rotatable bonds is 4. The zero-order chi connectivity index (χ0) is 17.1. The molecule has 0 aliphatic rings. The molecule has 8 nitrogen and oxygen atoms in total. The fraction of sp³-hybridized carbons (Fsp3) is 0.133. The normalized spacial score (nSPS) is 10.5. The molecule has 3 heterocycles. The summed E-state index contributed by atoms with van der Waals surface area (Å²) < 4.78 is 0. The summed E-state index contributed by atoms with van der Waals surface area (Å²) in [6.07, 6.45) is 3.41. The van der Waals surface area contributed by atoms with Crippen molar-refractivity contribution in [3.05, 3.63) is 67.7 Å². The maximum absolute atomic E-state index is 12.1. The largest absolute Gasteiger partial charge is 0.346 e. The van der Waals surface area contributed by atoms with Crippen LogP contribution in [-0.2, 0) is 6.54 Å². The number of aromatic nitrogens is 4. The van der Waals surface area contributed by atoms with Crippen molar-refractivity contribution in [2.24, 2.45) is 0 Å². The van der Waals surface area contributed by atoms with E-state index in [4.69, 9.17) is 0 Å². The fourth-order valence-electron chi connectivity index (χ4n) is 2.05. The number of aromatic amines is 2. The van der Waals surface area contributed by atoms with Crippen LogP contribution in [0.3, 0.4) is 0 Å². The summed E-state index contributed by atoms with van der Waals surface area (Å²) in [6.45, 7) is 2.10. The minimum absolute atomic E-state index is 0.0848. The number of carbonyl (C=O) groups is 1. The van der Waals surface area contributed by atoms with Gasteiger partial charge >= 0.3 is 5.69 Å². The Bertz CT molecular complexity index is 962. The third-order valence-electron chi connectivity index (χ3n) is 3.22. The molecule has 0 aliphatic heterocycles. The summed E-state index contributed by atoms with van der Waals surface area (Å²) in [6, 6.07) is 4.78. The van der Waals surface area contributed by atoms with Gasteiger partial charge in [-0.25, -0.2) is 9.78 Å². The molecule has 9 heteroatoms. The van der Waals surface area contributed by atoms with Crippen molar-refractivity contribution in [2.75, 3.05) is 0 Å². The van der Waals surface area contributed by atoms with Crippen LogP contribution in [0.4, 0.5) is 0 Å². The number of H-pyrrole nitrogens is 2. The number of aryl methyl sites for hydroxylation is 1. The SMILES string of the molecule is Cc1nc(-c2cccnc2)sc1CNC(=O)c1cc(=O)[nH]c(=O)[nH]1. The Morgan fingerprint density at radius 2 is 2.17 bits per heavy atom. The zero-order valence-electron chi connectivity index (χ0n) is 12.6. The van der Waals surface area contributed by atoms with Gasteiger partial charge in [0, 0.05) is 28.9 Å². The van der Waals surface area contributed by atoms with E-state index in [0.29, 0.717) is 0 Å². The summed E-state index contributed by atoms with van der Waals surface area (Å²) in [7, 11) is 0. The van der Waals surface area contributed by atoms with Crippen molar-refractivity contribution < 1.29 is 4.79 Å². The van der Waals surface area contributed by atoms with E-state index >= 15 is 0 Å². The molecule has 3 aromatic rings. The first-order valence-electron chi connectivity index (χ1n) is 7.01. The maximum Gasteiger partial charge on any atom is 0.326 e. The van der Waals surface area contributed by atoms with Crippen molar-refractivity contribution >= 4 is 17.2 Å². The van der Waals surface area contributed by atoms with Gasteiger partial charge in [0.25, 0.3) is 11.5 Å². The van der Waals surface area contributed by atoms with E-state index in [1.54, 1.807) is 12.4 Å². The second-order valence-corrected chi connectivity index (χ2v) is 6.04. The van der Waals surface area contributed by atoms with Gasteiger partial charge in [-0.3, -0.25) is 19.6 Å². The van der Waals surface area contributed by atoms with Gasteiger partial charge in [0.15, 0.2) is 0 Å². The molecule has 0 saturated carbocycles. The monoisotopic (exact) mass is 343 g/mol. The molecular formula is C15H13N5O3S. The number of carbonyl (C=O) groups excluding carboxylic acids is 1. The van der Waals surface area contributed by atoms with Crippen LogP contribution in [0.5, 0.6) is 0 Å². The number of hydrogen-bond donors (Lipinski definition) is 3. The predicted octanol–water partition coefficient (Wildman–Crippen LogP) is 0.820. The highest BCUT2D eigenvalue weighted by molar-refractivity contribution is 7.15. The minimum atomic E-state index is -0.722. The summed E-state index contributed by atoms with van der Waals surface area (Å²) >= 11 is 1.45. The van der Waals surface area contributed by atoms with Crippen LogP contribution in [0.25, 0.3) is 10.6 Å². The van der Waals surface area contributed by atoms with Gasteiger partial charge in [-0.1, -0.05) is 0 Å². The first-order valence-corrected chi connectivity index (χ1v) is 7.83. The average Bonchev–Trinajstić information content (AvgIpc) is 2.93. The van der Waals surface area contributed by atoms with E-state index in [1.807, 2.05) is 24.0 Å². The van der Waals surface area contributed by atoms with Crippen LogP contribution in [0, 0.1) is 6.92 Å². The zero-order valence-corrected chi connectivity index (χ0v) is 13.4. The standard InChI is InChI=1S/C15H13N5O3S/c1-8-11(24-14(18-8)9-3-2-4-16-6-9)7-17-13(22)10-5-12(21)20-15(23)19-10/h2-6H,7H2,1H3,(H,17,22)(H2,19,20,21,23). The molecule has 0 fully saturated rings. The Hall–Kier alpha value is -3.07. The fourth-order valence-corrected chi connectivity index (χ4v) is 3.04. The third kappa shape index (κ3) is 3.46. The van der Waals surface area contributed by atoms with Crippen LogP contribution < -0.4 is 16.6 Å². The molecular weight excluding hydrogens is 330 g/mol. The summed E-state index contributed by atoms with van der Waals surface area (Å²) in [5.41, 5.74) is 0.274. The lowest BCUT2D eigenvalue weighted by atomic mass is 10.3.